The van der Waals surface area contributed by atoms with Gasteiger partial charge in [0.25, 0.3) is 0 Å². The molecule has 2 heterocycles. The van der Waals surface area contributed by atoms with Crippen molar-refractivity contribution in [3.63, 3.8) is 0 Å². The van der Waals surface area contributed by atoms with Gasteiger partial charge in [-0.25, -0.2) is 4.98 Å². The Kier molecular flexibility index (Phi) is 16.2. The molecule has 262 valence electrons. The van der Waals surface area contributed by atoms with Gasteiger partial charge in [-0.05, 0) is 23.5 Å². The van der Waals surface area contributed by atoms with Crippen LogP contribution < -0.4 is 16.4 Å². The van der Waals surface area contributed by atoms with Crippen LogP contribution in [0.15, 0.2) is 29.8 Å². The number of hydrogen-bond donors (Lipinski definition) is 4. The zero-order valence-corrected chi connectivity index (χ0v) is 28.8. The number of thiazole rings is 1. The molecule has 1 unspecified atom stereocenters. The van der Waals surface area contributed by atoms with Gasteiger partial charge in [-0.3, -0.25) is 14.4 Å². The topological polar surface area (TPSA) is 175 Å². The Morgan fingerprint density at radius 1 is 1.00 bits per heavy atom. The molecule has 1 fully saturated rings. The first kappa shape index (κ1) is 38.5. The molecular weight excluding hydrogens is 626 g/mol. The summed E-state index contributed by atoms with van der Waals surface area (Å²) in [5, 5.41) is 16.2. The van der Waals surface area contributed by atoms with Gasteiger partial charge in [0.15, 0.2) is 0 Å². The summed E-state index contributed by atoms with van der Waals surface area (Å²) in [6.07, 6.45) is -0.665. The summed E-state index contributed by atoms with van der Waals surface area (Å²) in [7, 11) is 0. The zero-order chi connectivity index (χ0) is 34.2. The fourth-order valence-electron chi connectivity index (χ4n) is 5.02. The van der Waals surface area contributed by atoms with Crippen LogP contribution in [0.25, 0.3) is 10.4 Å². The van der Waals surface area contributed by atoms with Crippen molar-refractivity contribution < 1.29 is 38.4 Å². The third-order valence-corrected chi connectivity index (χ3v) is 8.54. The van der Waals surface area contributed by atoms with Crippen LogP contribution >= 0.6 is 11.3 Å². The van der Waals surface area contributed by atoms with Gasteiger partial charge in [-0.2, -0.15) is 0 Å². The van der Waals surface area contributed by atoms with Crippen LogP contribution in [-0.4, -0.2) is 117 Å². The molecule has 0 radical (unpaired) electrons. The van der Waals surface area contributed by atoms with Crippen molar-refractivity contribution in [2.24, 2.45) is 11.1 Å². The van der Waals surface area contributed by atoms with Crippen LogP contribution in [0, 0.1) is 12.3 Å². The quantitative estimate of drug-likeness (QED) is 0.151. The van der Waals surface area contributed by atoms with Crippen molar-refractivity contribution in [3.8, 4) is 10.4 Å². The molecule has 2 aromatic rings. The second kappa shape index (κ2) is 19.7. The minimum Gasteiger partial charge on any atom is -0.391 e. The maximum atomic E-state index is 13.8. The molecule has 1 aromatic heterocycles. The second-order valence-electron chi connectivity index (χ2n) is 12.4. The van der Waals surface area contributed by atoms with Gasteiger partial charge in [0, 0.05) is 32.5 Å². The highest BCUT2D eigenvalue weighted by Gasteiger charge is 2.44. The number of ether oxygens (including phenoxy) is 4. The SMILES string of the molecule is Cc1ncsc1-c1ccc(CNC(=O)[C@@H]2C[C@@H](O)CN2C(=O)C(NC(=O)CCOCCOCCOCCOCCN)C(C)(C)C)cc1. The summed E-state index contributed by atoms with van der Waals surface area (Å²) in [5.41, 5.74) is 9.45. The lowest BCUT2D eigenvalue weighted by molar-refractivity contribution is -0.144. The molecule has 0 spiro atoms. The lowest BCUT2D eigenvalue weighted by atomic mass is 9.85. The van der Waals surface area contributed by atoms with Crippen molar-refractivity contribution in [2.75, 3.05) is 65.9 Å². The minimum absolute atomic E-state index is 0.0124. The summed E-state index contributed by atoms with van der Waals surface area (Å²) in [6.45, 7) is 11.4. The highest BCUT2D eigenvalue weighted by Crippen LogP contribution is 2.28. The van der Waals surface area contributed by atoms with Crippen molar-refractivity contribution in [1.82, 2.24) is 20.5 Å². The predicted molar refractivity (Wildman–Crippen MR) is 179 cm³/mol. The number of aryl methyl sites for hydroxylation is 1. The number of nitrogens with one attached hydrogen (secondary N) is 2. The van der Waals surface area contributed by atoms with Crippen molar-refractivity contribution in [1.29, 1.82) is 0 Å². The number of amides is 3. The number of aromatic nitrogens is 1. The molecule has 47 heavy (non-hydrogen) atoms. The Morgan fingerprint density at radius 2 is 1.60 bits per heavy atom. The van der Waals surface area contributed by atoms with Crippen molar-refractivity contribution in [3.05, 3.63) is 41.0 Å². The van der Waals surface area contributed by atoms with Gasteiger partial charge in [-0.1, -0.05) is 45.0 Å². The second-order valence-corrected chi connectivity index (χ2v) is 13.3. The van der Waals surface area contributed by atoms with Gasteiger partial charge in [-0.15, -0.1) is 11.3 Å². The average Bonchev–Trinajstić information content (AvgIpc) is 3.65. The maximum Gasteiger partial charge on any atom is 0.246 e. The van der Waals surface area contributed by atoms with Gasteiger partial charge in [0.05, 0.1) is 75.0 Å². The Bertz CT molecular complexity index is 1250. The lowest BCUT2D eigenvalue weighted by Gasteiger charge is -2.35. The highest BCUT2D eigenvalue weighted by atomic mass is 32.1. The van der Waals surface area contributed by atoms with Crippen LogP contribution in [0.4, 0.5) is 0 Å². The van der Waals surface area contributed by atoms with Gasteiger partial charge >= 0.3 is 0 Å². The Labute approximate surface area is 281 Å². The van der Waals surface area contributed by atoms with Crippen LogP contribution in [0.2, 0.25) is 0 Å². The van der Waals surface area contributed by atoms with Crippen LogP contribution in [0.1, 0.15) is 44.9 Å². The van der Waals surface area contributed by atoms with Crippen molar-refractivity contribution >= 4 is 29.1 Å². The number of carbonyl (C=O) groups excluding carboxylic acids is 3. The number of β-amino-alcohol motifs (C(OH)–C–C–N with tert-alkyl or cyclic N) is 1. The van der Waals surface area contributed by atoms with Crippen molar-refractivity contribution in [2.45, 2.75) is 65.3 Å². The molecule has 5 N–H and O–H groups in total. The average molecular weight is 678 g/mol. The Balaban J connectivity index is 1.42. The number of aliphatic hydroxyl groups is 1. The Hall–Kier alpha value is -2.98. The molecule has 0 bridgehead atoms. The fraction of sp³-hybridized carbons (Fsp3) is 0.636. The molecule has 0 saturated carbocycles. The molecule has 3 atom stereocenters. The van der Waals surface area contributed by atoms with E-state index in [9.17, 15) is 19.5 Å². The molecule has 3 amide bonds. The van der Waals surface area contributed by atoms with E-state index in [0.29, 0.717) is 52.8 Å². The van der Waals surface area contributed by atoms with E-state index < -0.39 is 29.5 Å². The van der Waals surface area contributed by atoms with E-state index in [0.717, 1.165) is 21.7 Å². The van der Waals surface area contributed by atoms with E-state index in [-0.39, 0.29) is 44.4 Å². The van der Waals surface area contributed by atoms with E-state index in [1.807, 2.05) is 57.5 Å². The number of nitrogens with two attached hydrogens (primary N) is 1. The first-order valence-electron chi connectivity index (χ1n) is 16.1. The molecule has 1 saturated heterocycles. The smallest absolute Gasteiger partial charge is 0.246 e. The van der Waals surface area contributed by atoms with E-state index >= 15 is 0 Å². The minimum atomic E-state index is -0.901. The molecule has 3 rings (SSSR count). The normalized spacial score (nSPS) is 17.1. The zero-order valence-electron chi connectivity index (χ0n) is 28.0. The van der Waals surface area contributed by atoms with Crippen LogP contribution in [0.3, 0.4) is 0 Å². The monoisotopic (exact) mass is 677 g/mol. The molecule has 14 heteroatoms. The summed E-state index contributed by atoms with van der Waals surface area (Å²) in [6, 6.07) is 6.13. The van der Waals surface area contributed by atoms with E-state index in [1.165, 1.54) is 4.90 Å². The largest absolute Gasteiger partial charge is 0.391 e. The fourth-order valence-corrected chi connectivity index (χ4v) is 5.84. The standard InChI is InChI=1S/C33H51N5O8S/c1-23-29(47-22-36-23)25-7-5-24(6-8-25)20-35-31(41)27-19-26(39)21-38(27)32(42)30(33(2,3)4)37-28(40)9-11-43-13-15-45-17-18-46-16-14-44-12-10-34/h5-8,22,26-27,30,39H,9-21,34H2,1-4H3,(H,35,41)(H,37,40)/t26-,27+,30?/m1/s1. The number of nitrogens with zero attached hydrogens (tertiary/aromatic N) is 2. The van der Waals surface area contributed by atoms with E-state index in [2.05, 4.69) is 15.6 Å². The third-order valence-electron chi connectivity index (χ3n) is 7.56. The van der Waals surface area contributed by atoms with Gasteiger partial charge in [0.1, 0.15) is 12.1 Å². The number of likely N-dealkylation sites (tertiary alicyclic amines) is 1. The molecule has 0 aliphatic carbocycles. The van der Waals surface area contributed by atoms with Gasteiger partial charge in [0.2, 0.25) is 17.7 Å². The predicted octanol–water partition coefficient (Wildman–Crippen LogP) is 1.64. The Morgan fingerprint density at radius 3 is 2.15 bits per heavy atom. The third kappa shape index (κ3) is 12.9. The molecular formula is C33H51N5O8S. The van der Waals surface area contributed by atoms with E-state index in [1.54, 1.807) is 11.3 Å². The maximum absolute atomic E-state index is 13.8. The van der Waals surface area contributed by atoms with Crippen LogP contribution in [0.5, 0.6) is 0 Å². The molecule has 13 nitrogen and oxygen atoms in total. The number of aliphatic hydroxyl groups excluding tert-OH is 1. The summed E-state index contributed by atoms with van der Waals surface area (Å²) >= 11 is 1.58. The highest BCUT2D eigenvalue weighted by molar-refractivity contribution is 7.13. The first-order chi connectivity index (χ1) is 22.5. The summed E-state index contributed by atoms with van der Waals surface area (Å²) < 4.78 is 21.6. The van der Waals surface area contributed by atoms with E-state index in [4.69, 9.17) is 24.7 Å². The number of hydrogen-bond acceptors (Lipinski definition) is 11. The molecule has 1 aromatic carbocycles. The van der Waals surface area contributed by atoms with Gasteiger partial charge < -0.3 is 45.3 Å². The first-order valence-corrected chi connectivity index (χ1v) is 16.9. The molecule has 1 aliphatic rings. The number of carbonyl (C=O) groups is 3. The number of benzene rings is 1. The summed E-state index contributed by atoms with van der Waals surface area (Å²) in [5.74, 6) is -1.11. The molecule has 1 aliphatic heterocycles. The van der Waals surface area contributed by atoms with Crippen LogP contribution in [-0.2, 0) is 39.9 Å². The number of rotatable bonds is 20. The summed E-state index contributed by atoms with van der Waals surface area (Å²) in [4.78, 5) is 46.6. The lowest BCUT2D eigenvalue weighted by Crippen LogP contribution is -2.57.